The quantitative estimate of drug-likeness (QED) is 0.475. The first-order chi connectivity index (χ1) is 14.9. The Morgan fingerprint density at radius 3 is 2.35 bits per heavy atom. The number of carbonyl (C=O) groups is 2. The second-order valence-corrected chi connectivity index (χ2v) is 8.25. The maximum atomic E-state index is 13.1. The number of carbonyl (C=O) groups excluding carboxylic acids is 2. The molecule has 0 aliphatic carbocycles. The maximum absolute atomic E-state index is 13.1. The zero-order valence-corrected chi connectivity index (χ0v) is 19.4. The van der Waals surface area contributed by atoms with Crippen molar-refractivity contribution in [3.8, 4) is 5.75 Å². The van der Waals surface area contributed by atoms with Crippen molar-refractivity contribution in [2.75, 3.05) is 13.2 Å². The second-order valence-electron chi connectivity index (χ2n) is 7.82. The third kappa shape index (κ3) is 8.62. The van der Waals surface area contributed by atoms with Gasteiger partial charge in [-0.1, -0.05) is 48.9 Å². The Morgan fingerprint density at radius 2 is 1.74 bits per heavy atom. The van der Waals surface area contributed by atoms with Crippen LogP contribution in [-0.2, 0) is 16.0 Å². The van der Waals surface area contributed by atoms with E-state index in [1.54, 1.807) is 29.2 Å². The molecule has 0 heterocycles. The van der Waals surface area contributed by atoms with Gasteiger partial charge in [0.2, 0.25) is 11.8 Å². The maximum Gasteiger partial charge on any atom is 0.242 e. The predicted molar refractivity (Wildman–Crippen MR) is 125 cm³/mol. The van der Waals surface area contributed by atoms with E-state index in [1.165, 1.54) is 0 Å². The lowest BCUT2D eigenvalue weighted by Crippen LogP contribution is -2.51. The zero-order chi connectivity index (χ0) is 22.6. The van der Waals surface area contributed by atoms with Gasteiger partial charge in [-0.25, -0.2) is 0 Å². The lowest BCUT2D eigenvalue weighted by atomic mass is 10.1. The minimum atomic E-state index is -0.476. The minimum Gasteiger partial charge on any atom is -0.494 e. The van der Waals surface area contributed by atoms with E-state index in [1.807, 2.05) is 51.1 Å². The molecular weight excluding hydrogens is 412 g/mol. The second kappa shape index (κ2) is 13.0. The van der Waals surface area contributed by atoms with E-state index in [0.717, 1.165) is 11.3 Å². The predicted octanol–water partition coefficient (Wildman–Crippen LogP) is 4.87. The van der Waals surface area contributed by atoms with Crippen LogP contribution in [0, 0.1) is 0 Å². The molecule has 5 nitrogen and oxygen atoms in total. The highest BCUT2D eigenvalue weighted by atomic mass is 35.5. The highest BCUT2D eigenvalue weighted by Crippen LogP contribution is 2.16. The summed E-state index contributed by atoms with van der Waals surface area (Å²) in [6.45, 7) is 6.72. The monoisotopic (exact) mass is 444 g/mol. The Hall–Kier alpha value is -2.53. The molecule has 1 atom stereocenters. The molecule has 0 radical (unpaired) electrons. The average Bonchev–Trinajstić information content (AvgIpc) is 2.75. The molecule has 0 aliphatic rings. The highest BCUT2D eigenvalue weighted by molar-refractivity contribution is 6.30. The lowest BCUT2D eigenvalue weighted by molar-refractivity contribution is -0.141. The van der Waals surface area contributed by atoms with Gasteiger partial charge in [-0.05, 0) is 62.9 Å². The number of nitrogens with zero attached hydrogens (tertiary/aromatic N) is 1. The fraction of sp³-hybridized carbons (Fsp3) is 0.440. The van der Waals surface area contributed by atoms with Crippen LogP contribution >= 0.6 is 11.6 Å². The number of ether oxygens (including phenoxy) is 1. The first-order valence-electron chi connectivity index (χ1n) is 10.9. The van der Waals surface area contributed by atoms with E-state index in [9.17, 15) is 9.59 Å². The number of rotatable bonds is 12. The number of amides is 2. The van der Waals surface area contributed by atoms with Gasteiger partial charge in [-0.3, -0.25) is 9.59 Å². The standard InChI is InChI=1S/C25H33ClN2O3/c1-4-23(25(30)27-19(2)3)28(17-16-20-9-6-5-7-10-20)24(29)11-8-18-31-22-14-12-21(26)13-15-22/h5-7,9-10,12-15,19,23H,4,8,11,16-18H2,1-3H3,(H,27,30)/t23-/m1/s1. The van der Waals surface area contributed by atoms with Gasteiger partial charge in [-0.15, -0.1) is 0 Å². The summed E-state index contributed by atoms with van der Waals surface area (Å²) in [5.41, 5.74) is 1.14. The van der Waals surface area contributed by atoms with Gasteiger partial charge in [-0.2, -0.15) is 0 Å². The van der Waals surface area contributed by atoms with Gasteiger partial charge < -0.3 is 15.0 Å². The number of hydrogen-bond donors (Lipinski definition) is 1. The summed E-state index contributed by atoms with van der Waals surface area (Å²) in [4.78, 5) is 27.6. The fourth-order valence-corrected chi connectivity index (χ4v) is 3.49. The number of nitrogens with one attached hydrogen (secondary N) is 1. The van der Waals surface area contributed by atoms with Crippen LogP contribution < -0.4 is 10.1 Å². The fourth-order valence-electron chi connectivity index (χ4n) is 3.36. The largest absolute Gasteiger partial charge is 0.494 e. The number of benzene rings is 2. The summed E-state index contributed by atoms with van der Waals surface area (Å²) in [6.07, 6.45) is 2.18. The molecule has 2 rings (SSSR count). The third-order valence-electron chi connectivity index (χ3n) is 4.92. The van der Waals surface area contributed by atoms with E-state index >= 15 is 0 Å². The van der Waals surface area contributed by atoms with Crippen molar-refractivity contribution >= 4 is 23.4 Å². The SMILES string of the molecule is CC[C@H](C(=O)NC(C)C)N(CCc1ccccc1)C(=O)CCCOc1ccc(Cl)cc1. The van der Waals surface area contributed by atoms with Crippen molar-refractivity contribution in [3.05, 3.63) is 65.2 Å². The Kier molecular flexibility index (Phi) is 10.4. The molecule has 0 bridgehead atoms. The molecule has 0 fully saturated rings. The van der Waals surface area contributed by atoms with E-state index < -0.39 is 6.04 Å². The van der Waals surface area contributed by atoms with Crippen molar-refractivity contribution in [2.45, 2.75) is 58.5 Å². The Morgan fingerprint density at radius 1 is 1.06 bits per heavy atom. The van der Waals surface area contributed by atoms with E-state index in [4.69, 9.17) is 16.3 Å². The Balaban J connectivity index is 1.98. The summed E-state index contributed by atoms with van der Waals surface area (Å²) in [6, 6.07) is 16.7. The van der Waals surface area contributed by atoms with Crippen LogP contribution in [0.3, 0.4) is 0 Å². The molecule has 1 N–H and O–H groups in total. The van der Waals surface area contributed by atoms with E-state index in [-0.39, 0.29) is 17.9 Å². The first-order valence-corrected chi connectivity index (χ1v) is 11.3. The van der Waals surface area contributed by atoms with E-state index in [2.05, 4.69) is 5.32 Å². The van der Waals surface area contributed by atoms with Gasteiger partial charge in [0.25, 0.3) is 0 Å². The van der Waals surface area contributed by atoms with Crippen molar-refractivity contribution in [1.82, 2.24) is 10.2 Å². The normalized spacial score (nSPS) is 11.8. The van der Waals surface area contributed by atoms with Crippen molar-refractivity contribution < 1.29 is 14.3 Å². The van der Waals surface area contributed by atoms with Gasteiger partial charge in [0.05, 0.1) is 6.61 Å². The molecule has 31 heavy (non-hydrogen) atoms. The van der Waals surface area contributed by atoms with Crippen molar-refractivity contribution in [2.24, 2.45) is 0 Å². The number of halogens is 1. The average molecular weight is 445 g/mol. The van der Waals surface area contributed by atoms with Crippen LogP contribution in [0.2, 0.25) is 5.02 Å². The molecular formula is C25H33ClN2O3. The Labute approximate surface area is 190 Å². The molecule has 168 valence electrons. The molecule has 2 aromatic rings. The summed E-state index contributed by atoms with van der Waals surface area (Å²) < 4.78 is 5.70. The smallest absolute Gasteiger partial charge is 0.242 e. The third-order valence-corrected chi connectivity index (χ3v) is 5.17. The zero-order valence-electron chi connectivity index (χ0n) is 18.6. The first kappa shape index (κ1) is 24.7. The molecule has 2 amide bonds. The van der Waals surface area contributed by atoms with Gasteiger partial charge >= 0.3 is 0 Å². The molecule has 0 aromatic heterocycles. The number of hydrogen-bond acceptors (Lipinski definition) is 3. The molecule has 0 spiro atoms. The molecule has 0 aliphatic heterocycles. The van der Waals surface area contributed by atoms with Crippen LogP contribution in [0.25, 0.3) is 0 Å². The molecule has 6 heteroatoms. The summed E-state index contributed by atoms with van der Waals surface area (Å²) >= 11 is 5.89. The van der Waals surface area contributed by atoms with E-state index in [0.29, 0.717) is 43.9 Å². The van der Waals surface area contributed by atoms with Crippen molar-refractivity contribution in [3.63, 3.8) is 0 Å². The van der Waals surface area contributed by atoms with Crippen LogP contribution in [0.5, 0.6) is 5.75 Å². The van der Waals surface area contributed by atoms with Gasteiger partial charge in [0.1, 0.15) is 11.8 Å². The topological polar surface area (TPSA) is 58.6 Å². The summed E-state index contributed by atoms with van der Waals surface area (Å²) in [5, 5.41) is 3.61. The minimum absolute atomic E-state index is 0.0265. The van der Waals surface area contributed by atoms with Gasteiger partial charge in [0, 0.05) is 24.0 Å². The van der Waals surface area contributed by atoms with Gasteiger partial charge in [0.15, 0.2) is 0 Å². The van der Waals surface area contributed by atoms with Crippen LogP contribution in [-0.4, -0.2) is 41.9 Å². The molecule has 2 aromatic carbocycles. The highest BCUT2D eigenvalue weighted by Gasteiger charge is 2.28. The van der Waals surface area contributed by atoms with Crippen molar-refractivity contribution in [1.29, 1.82) is 0 Å². The summed E-state index contributed by atoms with van der Waals surface area (Å²) in [7, 11) is 0. The molecule has 0 unspecified atom stereocenters. The molecule has 0 saturated carbocycles. The lowest BCUT2D eigenvalue weighted by Gasteiger charge is -2.31. The summed E-state index contributed by atoms with van der Waals surface area (Å²) in [5.74, 6) is 0.596. The van der Waals surface area contributed by atoms with Crippen LogP contribution in [0.4, 0.5) is 0 Å². The van der Waals surface area contributed by atoms with Crippen LogP contribution in [0.15, 0.2) is 54.6 Å². The van der Waals surface area contributed by atoms with Crippen LogP contribution in [0.1, 0.15) is 45.6 Å². The molecule has 0 saturated heterocycles. The Bertz CT molecular complexity index is 809.